The third kappa shape index (κ3) is 4.00. The predicted octanol–water partition coefficient (Wildman–Crippen LogP) is 1.51. The smallest absolute Gasteiger partial charge is 0.272 e. The van der Waals surface area contributed by atoms with Crippen molar-refractivity contribution in [1.82, 2.24) is 24.9 Å². The lowest BCUT2D eigenvalue weighted by Crippen LogP contribution is -2.61. The summed E-state index contributed by atoms with van der Waals surface area (Å²) in [6, 6.07) is 2.66. The van der Waals surface area contributed by atoms with Gasteiger partial charge in [0.1, 0.15) is 5.69 Å². The van der Waals surface area contributed by atoms with Crippen LogP contribution in [0.2, 0.25) is 0 Å². The number of amides is 2. The summed E-state index contributed by atoms with van der Waals surface area (Å²) >= 11 is 0. The van der Waals surface area contributed by atoms with Gasteiger partial charge < -0.3 is 15.0 Å². The van der Waals surface area contributed by atoms with Crippen LogP contribution in [-0.4, -0.2) is 82.9 Å². The molecule has 2 aliphatic heterocycles. The maximum atomic E-state index is 13.6. The van der Waals surface area contributed by atoms with Gasteiger partial charge in [0.05, 0.1) is 18.6 Å². The lowest BCUT2D eigenvalue weighted by atomic mass is 9.60. The SMILES string of the molecule is CCn1nccc1C(=O)N1CC[C@@H]2C[C@H](N3CCOCC3)CC[C@@]2(C(=O)NC2CC2)C1. The van der Waals surface area contributed by atoms with Gasteiger partial charge in [-0.2, -0.15) is 5.10 Å². The normalized spacial score (nSPS) is 31.8. The molecule has 8 heteroatoms. The fourth-order valence-electron chi connectivity index (χ4n) is 5.94. The Morgan fingerprint density at radius 3 is 2.74 bits per heavy atom. The van der Waals surface area contributed by atoms with Gasteiger partial charge in [-0.1, -0.05) is 0 Å². The number of nitrogens with zero attached hydrogens (tertiary/aromatic N) is 4. The molecular formula is C23H35N5O3. The largest absolute Gasteiger partial charge is 0.379 e. The number of fused-ring (bicyclic) bond motifs is 1. The molecule has 4 aliphatic rings. The van der Waals surface area contributed by atoms with Gasteiger partial charge in [0.2, 0.25) is 5.91 Å². The minimum atomic E-state index is -0.462. The minimum absolute atomic E-state index is 0.00620. The van der Waals surface area contributed by atoms with Gasteiger partial charge in [0.15, 0.2) is 0 Å². The number of rotatable bonds is 5. The van der Waals surface area contributed by atoms with Gasteiger partial charge in [0.25, 0.3) is 5.91 Å². The van der Waals surface area contributed by atoms with Crippen molar-refractivity contribution >= 4 is 11.8 Å². The summed E-state index contributed by atoms with van der Waals surface area (Å²) in [7, 11) is 0. The highest BCUT2D eigenvalue weighted by atomic mass is 16.5. The Morgan fingerprint density at radius 2 is 2.00 bits per heavy atom. The highest BCUT2D eigenvalue weighted by molar-refractivity contribution is 5.93. The zero-order valence-electron chi connectivity index (χ0n) is 18.6. The number of piperidine rings is 1. The average Bonchev–Trinajstić information content (AvgIpc) is 3.50. The van der Waals surface area contributed by atoms with Crippen LogP contribution in [0.1, 0.15) is 55.9 Å². The molecule has 2 amide bonds. The third-order valence-corrected chi connectivity index (χ3v) is 7.93. The van der Waals surface area contributed by atoms with Crippen LogP contribution in [0, 0.1) is 11.3 Å². The van der Waals surface area contributed by atoms with E-state index in [0.29, 0.717) is 43.3 Å². The predicted molar refractivity (Wildman–Crippen MR) is 116 cm³/mol. The summed E-state index contributed by atoms with van der Waals surface area (Å²) < 4.78 is 7.29. The van der Waals surface area contributed by atoms with E-state index in [1.807, 2.05) is 11.8 Å². The molecule has 8 nitrogen and oxygen atoms in total. The average molecular weight is 430 g/mol. The highest BCUT2D eigenvalue weighted by Gasteiger charge is 2.54. The standard InChI is InChI=1S/C23H35N5O3/c1-2-28-20(6-9-24-28)21(29)27-10-7-17-15-19(26-11-13-31-14-12-26)5-8-23(17,16-27)22(30)25-18-3-4-18/h6,9,17-19H,2-5,7-8,10-16H2,1H3,(H,25,30)/t17-,19-,23-/m1/s1. The quantitative estimate of drug-likeness (QED) is 0.768. The zero-order chi connectivity index (χ0) is 21.4. The molecule has 1 aromatic heterocycles. The topological polar surface area (TPSA) is 79.7 Å². The number of carbonyl (C=O) groups is 2. The maximum absolute atomic E-state index is 13.6. The molecule has 0 unspecified atom stereocenters. The number of aryl methyl sites for hydroxylation is 1. The Kier molecular flexibility index (Phi) is 5.77. The van der Waals surface area contributed by atoms with Crippen LogP contribution in [0.15, 0.2) is 12.3 Å². The molecule has 0 radical (unpaired) electrons. The van der Waals surface area contributed by atoms with Crippen molar-refractivity contribution in [3.63, 3.8) is 0 Å². The molecule has 4 fully saturated rings. The molecule has 170 valence electrons. The number of likely N-dealkylation sites (tertiary alicyclic amines) is 1. The number of nitrogens with one attached hydrogen (secondary N) is 1. The van der Waals surface area contributed by atoms with Gasteiger partial charge in [-0.3, -0.25) is 19.2 Å². The number of carbonyl (C=O) groups excluding carboxylic acids is 2. The van der Waals surface area contributed by atoms with Crippen LogP contribution < -0.4 is 5.32 Å². The Bertz CT molecular complexity index is 816. The second-order valence-electron chi connectivity index (χ2n) is 9.72. The van der Waals surface area contributed by atoms with E-state index in [2.05, 4.69) is 15.3 Å². The molecule has 3 atom stereocenters. The van der Waals surface area contributed by atoms with Crippen LogP contribution in [0.4, 0.5) is 0 Å². The number of ether oxygens (including phenoxy) is 1. The van der Waals surface area contributed by atoms with Gasteiger partial charge in [0, 0.05) is 51.0 Å². The van der Waals surface area contributed by atoms with Crippen LogP contribution in [0.3, 0.4) is 0 Å². The van der Waals surface area contributed by atoms with Crippen LogP contribution in [-0.2, 0) is 16.1 Å². The van der Waals surface area contributed by atoms with Crippen LogP contribution >= 0.6 is 0 Å². The number of aromatic nitrogens is 2. The molecule has 2 saturated heterocycles. The maximum Gasteiger partial charge on any atom is 0.272 e. The van der Waals surface area contributed by atoms with Crippen molar-refractivity contribution in [1.29, 1.82) is 0 Å². The fraction of sp³-hybridized carbons (Fsp3) is 0.783. The number of hydrogen-bond acceptors (Lipinski definition) is 5. The minimum Gasteiger partial charge on any atom is -0.379 e. The number of hydrogen-bond donors (Lipinski definition) is 1. The van der Waals surface area contributed by atoms with Crippen molar-refractivity contribution in [2.75, 3.05) is 39.4 Å². The van der Waals surface area contributed by atoms with Gasteiger partial charge >= 0.3 is 0 Å². The zero-order valence-corrected chi connectivity index (χ0v) is 18.6. The number of morpholine rings is 1. The summed E-state index contributed by atoms with van der Waals surface area (Å²) in [6.45, 7) is 7.50. The molecular weight excluding hydrogens is 394 g/mol. The van der Waals surface area contributed by atoms with E-state index in [1.165, 1.54) is 0 Å². The Hall–Kier alpha value is -1.93. The van der Waals surface area contributed by atoms with E-state index in [0.717, 1.165) is 64.8 Å². The van der Waals surface area contributed by atoms with Crippen LogP contribution in [0.5, 0.6) is 0 Å². The second kappa shape index (κ2) is 8.54. The molecule has 1 N–H and O–H groups in total. The van der Waals surface area contributed by atoms with Crippen molar-refractivity contribution in [2.24, 2.45) is 11.3 Å². The lowest BCUT2D eigenvalue weighted by Gasteiger charge is -2.53. The van der Waals surface area contributed by atoms with Crippen molar-refractivity contribution in [3.05, 3.63) is 18.0 Å². The second-order valence-corrected chi connectivity index (χ2v) is 9.72. The van der Waals surface area contributed by atoms with E-state index in [9.17, 15) is 9.59 Å². The fourth-order valence-corrected chi connectivity index (χ4v) is 5.94. The van der Waals surface area contributed by atoms with Gasteiger partial charge in [-0.25, -0.2) is 0 Å². The molecule has 5 rings (SSSR count). The molecule has 1 aromatic rings. The molecule has 31 heavy (non-hydrogen) atoms. The first-order chi connectivity index (χ1) is 15.1. The first-order valence-corrected chi connectivity index (χ1v) is 12.0. The van der Waals surface area contributed by atoms with Crippen molar-refractivity contribution in [2.45, 2.75) is 64.1 Å². The monoisotopic (exact) mass is 429 g/mol. The summed E-state index contributed by atoms with van der Waals surface area (Å²) in [4.78, 5) is 31.4. The van der Waals surface area contributed by atoms with E-state index in [4.69, 9.17) is 4.74 Å². The molecule has 0 aromatic carbocycles. The van der Waals surface area contributed by atoms with E-state index >= 15 is 0 Å². The highest BCUT2D eigenvalue weighted by Crippen LogP contribution is 2.48. The third-order valence-electron chi connectivity index (χ3n) is 7.93. The Labute approximate surface area is 184 Å². The molecule has 2 aliphatic carbocycles. The van der Waals surface area contributed by atoms with Crippen LogP contribution in [0.25, 0.3) is 0 Å². The lowest BCUT2D eigenvalue weighted by molar-refractivity contribution is -0.143. The van der Waals surface area contributed by atoms with Gasteiger partial charge in [-0.15, -0.1) is 0 Å². The summed E-state index contributed by atoms with van der Waals surface area (Å²) in [6.07, 6.45) is 7.67. The van der Waals surface area contributed by atoms with Crippen molar-refractivity contribution < 1.29 is 14.3 Å². The Morgan fingerprint density at radius 1 is 1.19 bits per heavy atom. The van der Waals surface area contributed by atoms with E-state index in [-0.39, 0.29) is 11.8 Å². The first kappa shape index (κ1) is 20.9. The Balaban J connectivity index is 1.36. The summed E-state index contributed by atoms with van der Waals surface area (Å²) in [5.74, 6) is 0.515. The summed E-state index contributed by atoms with van der Waals surface area (Å²) in [5, 5.41) is 7.56. The molecule has 2 saturated carbocycles. The van der Waals surface area contributed by atoms with Crippen molar-refractivity contribution in [3.8, 4) is 0 Å². The molecule has 0 bridgehead atoms. The summed E-state index contributed by atoms with van der Waals surface area (Å²) in [5.41, 5.74) is 0.164. The molecule has 0 spiro atoms. The first-order valence-electron chi connectivity index (χ1n) is 12.0. The molecule has 3 heterocycles. The van der Waals surface area contributed by atoms with E-state index in [1.54, 1.807) is 16.9 Å². The van der Waals surface area contributed by atoms with Gasteiger partial charge in [-0.05, 0) is 57.4 Å². The van der Waals surface area contributed by atoms with E-state index < -0.39 is 5.41 Å².